The molecule has 0 spiro atoms. The highest BCUT2D eigenvalue weighted by molar-refractivity contribution is 6.31. The number of amides is 1. The fraction of sp³-hybridized carbons (Fsp3) is 0.462. The Morgan fingerprint density at radius 1 is 1.29 bits per heavy atom. The number of rotatable bonds is 3. The third-order valence-electron chi connectivity index (χ3n) is 3.09. The van der Waals surface area contributed by atoms with E-state index in [1.807, 2.05) is 0 Å². The molecule has 2 rings (SSSR count). The number of halogens is 1. The van der Waals surface area contributed by atoms with Gasteiger partial charge in [0.2, 0.25) is 5.91 Å². The molecule has 116 valence electrons. The van der Waals surface area contributed by atoms with E-state index in [9.17, 15) is 20.1 Å². The van der Waals surface area contributed by atoms with E-state index in [0.717, 1.165) is 0 Å². The van der Waals surface area contributed by atoms with Crippen molar-refractivity contribution in [2.45, 2.75) is 31.5 Å². The molecule has 0 bridgehead atoms. The number of aliphatic hydroxyl groups excluding tert-OH is 3. The van der Waals surface area contributed by atoms with E-state index in [2.05, 4.69) is 10.6 Å². The summed E-state index contributed by atoms with van der Waals surface area (Å²) in [7, 11) is 0. The molecule has 1 amide bonds. The predicted molar refractivity (Wildman–Crippen MR) is 77.1 cm³/mol. The van der Waals surface area contributed by atoms with Crippen molar-refractivity contribution in [2.24, 2.45) is 0 Å². The Bertz CT molecular complexity index is 527. The van der Waals surface area contributed by atoms with E-state index >= 15 is 0 Å². The van der Waals surface area contributed by atoms with Crippen molar-refractivity contribution in [2.75, 3.05) is 17.2 Å². The minimum atomic E-state index is -1.32. The lowest BCUT2D eigenvalue weighted by Crippen LogP contribution is -2.55. The molecule has 4 atom stereocenters. The zero-order valence-corrected chi connectivity index (χ0v) is 12.0. The molecule has 4 unspecified atom stereocenters. The van der Waals surface area contributed by atoms with Gasteiger partial charge in [0.05, 0.1) is 18.0 Å². The number of ether oxygens (including phenoxy) is 1. The van der Waals surface area contributed by atoms with Crippen LogP contribution in [0, 0.1) is 0 Å². The lowest BCUT2D eigenvalue weighted by molar-refractivity contribution is -0.178. The maximum absolute atomic E-state index is 11.2. The van der Waals surface area contributed by atoms with Gasteiger partial charge >= 0.3 is 0 Å². The van der Waals surface area contributed by atoms with Gasteiger partial charge in [0.1, 0.15) is 18.3 Å². The quantitative estimate of drug-likeness (QED) is 0.543. The fourth-order valence-electron chi connectivity index (χ4n) is 2.02. The molecule has 1 fully saturated rings. The summed E-state index contributed by atoms with van der Waals surface area (Å²) >= 11 is 5.91. The van der Waals surface area contributed by atoms with Gasteiger partial charge in [-0.1, -0.05) is 11.6 Å². The molecule has 0 aromatic heterocycles. The van der Waals surface area contributed by atoms with Crippen LogP contribution in [-0.2, 0) is 9.53 Å². The molecule has 1 aliphatic rings. The maximum atomic E-state index is 11.2. The van der Waals surface area contributed by atoms with Crippen LogP contribution < -0.4 is 10.6 Å². The van der Waals surface area contributed by atoms with E-state index in [1.165, 1.54) is 6.92 Å². The highest BCUT2D eigenvalue weighted by Crippen LogP contribution is 2.28. The van der Waals surface area contributed by atoms with Crippen molar-refractivity contribution < 1.29 is 24.9 Å². The minimum Gasteiger partial charge on any atom is -0.388 e. The van der Waals surface area contributed by atoms with Crippen LogP contribution in [0.5, 0.6) is 0 Å². The number of nitrogens with one attached hydrogen (secondary N) is 2. The number of hydrogen-bond acceptors (Lipinski definition) is 6. The molecule has 1 heterocycles. The highest BCUT2D eigenvalue weighted by Gasteiger charge is 2.37. The summed E-state index contributed by atoms with van der Waals surface area (Å²) in [5, 5.41) is 34.8. The van der Waals surface area contributed by atoms with Crippen LogP contribution >= 0.6 is 11.6 Å². The van der Waals surface area contributed by atoms with Crippen LogP contribution in [0.2, 0.25) is 5.02 Å². The second-order valence-electron chi connectivity index (χ2n) is 4.82. The summed E-state index contributed by atoms with van der Waals surface area (Å²) < 4.78 is 5.25. The third-order valence-corrected chi connectivity index (χ3v) is 3.33. The van der Waals surface area contributed by atoms with Gasteiger partial charge in [-0.2, -0.15) is 0 Å². The Balaban J connectivity index is 2.18. The van der Waals surface area contributed by atoms with E-state index in [-0.39, 0.29) is 12.5 Å². The van der Waals surface area contributed by atoms with Gasteiger partial charge in [0.25, 0.3) is 0 Å². The van der Waals surface area contributed by atoms with Gasteiger partial charge in [-0.25, -0.2) is 0 Å². The third kappa shape index (κ3) is 3.84. The second-order valence-corrected chi connectivity index (χ2v) is 5.25. The lowest BCUT2D eigenvalue weighted by Gasteiger charge is -2.36. The summed E-state index contributed by atoms with van der Waals surface area (Å²) in [5.41, 5.74) is 0.897. The maximum Gasteiger partial charge on any atom is 0.221 e. The van der Waals surface area contributed by atoms with Gasteiger partial charge in [0, 0.05) is 11.9 Å². The topological polar surface area (TPSA) is 111 Å². The number of aliphatic hydroxyl groups is 3. The highest BCUT2D eigenvalue weighted by atomic mass is 35.5. The molecule has 1 saturated heterocycles. The van der Waals surface area contributed by atoms with Crippen LogP contribution in [0.1, 0.15) is 6.92 Å². The van der Waals surface area contributed by atoms with Crippen LogP contribution in [0.25, 0.3) is 0 Å². The SMILES string of the molecule is CC(=O)Nc1ccc(Cl)cc1NC1OCC(O)C(O)C1O. The van der Waals surface area contributed by atoms with Crippen molar-refractivity contribution in [1.29, 1.82) is 0 Å². The van der Waals surface area contributed by atoms with Crippen molar-refractivity contribution in [3.05, 3.63) is 23.2 Å². The molecule has 0 radical (unpaired) electrons. The Morgan fingerprint density at radius 3 is 2.67 bits per heavy atom. The van der Waals surface area contributed by atoms with Crippen molar-refractivity contribution >= 4 is 28.9 Å². The van der Waals surface area contributed by atoms with Gasteiger partial charge < -0.3 is 30.7 Å². The van der Waals surface area contributed by atoms with Gasteiger partial charge in [0.15, 0.2) is 6.23 Å². The average Bonchev–Trinajstić information content (AvgIpc) is 2.42. The number of carbonyl (C=O) groups excluding carboxylic acids is 1. The standard InChI is InChI=1S/C13H17ClN2O5/c1-6(17)15-8-3-2-7(14)4-9(8)16-13-12(20)11(19)10(18)5-21-13/h2-4,10-13,16,18-20H,5H2,1H3,(H,15,17). The second kappa shape index (κ2) is 6.59. The van der Waals surface area contributed by atoms with E-state index in [4.69, 9.17) is 16.3 Å². The molecule has 21 heavy (non-hydrogen) atoms. The molecule has 5 N–H and O–H groups in total. The van der Waals surface area contributed by atoms with E-state index in [0.29, 0.717) is 16.4 Å². The molecule has 1 aliphatic heterocycles. The molecule has 1 aromatic carbocycles. The van der Waals surface area contributed by atoms with Crippen molar-refractivity contribution in [1.82, 2.24) is 0 Å². The van der Waals surface area contributed by atoms with E-state index < -0.39 is 24.5 Å². The molecule has 1 aromatic rings. The van der Waals surface area contributed by atoms with Crippen LogP contribution in [-0.4, -0.2) is 52.4 Å². The number of benzene rings is 1. The van der Waals surface area contributed by atoms with Gasteiger partial charge in [-0.3, -0.25) is 4.79 Å². The summed E-state index contributed by atoms with van der Waals surface area (Å²) in [4.78, 5) is 11.2. The van der Waals surface area contributed by atoms with E-state index in [1.54, 1.807) is 18.2 Å². The number of hydrogen-bond donors (Lipinski definition) is 5. The smallest absolute Gasteiger partial charge is 0.221 e. The first-order valence-electron chi connectivity index (χ1n) is 6.38. The largest absolute Gasteiger partial charge is 0.388 e. The first-order chi connectivity index (χ1) is 9.88. The van der Waals surface area contributed by atoms with Gasteiger partial charge in [-0.05, 0) is 18.2 Å². The monoisotopic (exact) mass is 316 g/mol. The number of anilines is 2. The summed E-state index contributed by atoms with van der Waals surface area (Å²) in [6, 6.07) is 4.77. The first kappa shape index (κ1) is 16.0. The summed E-state index contributed by atoms with van der Waals surface area (Å²) in [6.07, 6.45) is -4.72. The van der Waals surface area contributed by atoms with Crippen molar-refractivity contribution in [3.63, 3.8) is 0 Å². The van der Waals surface area contributed by atoms with Crippen LogP contribution in [0.4, 0.5) is 11.4 Å². The number of carbonyl (C=O) groups is 1. The normalized spacial score (nSPS) is 29.0. The van der Waals surface area contributed by atoms with Crippen molar-refractivity contribution in [3.8, 4) is 0 Å². The molecule has 8 heteroatoms. The predicted octanol–water partition coefficient (Wildman–Crippen LogP) is 0.149. The molecule has 0 aliphatic carbocycles. The Hall–Kier alpha value is -1.38. The molecule has 7 nitrogen and oxygen atoms in total. The zero-order valence-electron chi connectivity index (χ0n) is 11.3. The zero-order chi connectivity index (χ0) is 15.6. The fourth-order valence-corrected chi connectivity index (χ4v) is 2.19. The lowest BCUT2D eigenvalue weighted by atomic mass is 10.0. The van der Waals surface area contributed by atoms with Crippen LogP contribution in [0.3, 0.4) is 0 Å². The first-order valence-corrected chi connectivity index (χ1v) is 6.76. The Morgan fingerprint density at radius 2 is 2.00 bits per heavy atom. The summed E-state index contributed by atoms with van der Waals surface area (Å²) in [5.74, 6) is -0.263. The molecular weight excluding hydrogens is 300 g/mol. The Kier molecular flexibility index (Phi) is 5.02. The minimum absolute atomic E-state index is 0.119. The Labute approximate surface area is 126 Å². The molecule has 0 saturated carbocycles. The average molecular weight is 317 g/mol. The van der Waals surface area contributed by atoms with Crippen LogP contribution in [0.15, 0.2) is 18.2 Å². The van der Waals surface area contributed by atoms with Gasteiger partial charge in [-0.15, -0.1) is 0 Å². The summed E-state index contributed by atoms with van der Waals surface area (Å²) in [6.45, 7) is 1.25. The molecular formula is C13H17ClN2O5.